The Bertz CT molecular complexity index is 470. The van der Waals surface area contributed by atoms with Gasteiger partial charge in [0.05, 0.1) is 33.0 Å². The van der Waals surface area contributed by atoms with Crippen LogP contribution >= 0.6 is 15.9 Å². The largest absolute Gasteiger partial charge is 0.495 e. The molecular formula is C14H21BrN2O3. The van der Waals surface area contributed by atoms with Crippen molar-refractivity contribution in [2.45, 2.75) is 25.5 Å². The third kappa shape index (κ3) is 2.93. The fourth-order valence-electron chi connectivity index (χ4n) is 2.73. The molecule has 20 heavy (non-hydrogen) atoms. The van der Waals surface area contributed by atoms with Crippen LogP contribution in [0.5, 0.6) is 11.5 Å². The quantitative estimate of drug-likeness (QED) is 0.634. The van der Waals surface area contributed by atoms with Gasteiger partial charge in [-0.1, -0.05) is 0 Å². The van der Waals surface area contributed by atoms with Gasteiger partial charge in [0.15, 0.2) is 0 Å². The molecule has 0 aliphatic carbocycles. The van der Waals surface area contributed by atoms with Crippen LogP contribution < -0.4 is 20.7 Å². The smallest absolute Gasteiger partial charge is 0.141 e. The molecule has 0 bridgehead atoms. The second kappa shape index (κ2) is 6.76. The Morgan fingerprint density at radius 3 is 2.65 bits per heavy atom. The topological polar surface area (TPSA) is 65.7 Å². The zero-order chi connectivity index (χ0) is 14.7. The van der Waals surface area contributed by atoms with E-state index in [0.29, 0.717) is 12.5 Å². The minimum absolute atomic E-state index is 0.0166. The van der Waals surface area contributed by atoms with Crippen LogP contribution in [0.15, 0.2) is 16.6 Å². The van der Waals surface area contributed by atoms with Crippen molar-refractivity contribution >= 4 is 15.9 Å². The van der Waals surface area contributed by atoms with E-state index in [2.05, 4.69) is 28.3 Å². The van der Waals surface area contributed by atoms with Crippen molar-refractivity contribution < 1.29 is 14.2 Å². The summed E-state index contributed by atoms with van der Waals surface area (Å²) in [6.45, 7) is 2.78. The number of rotatable bonds is 5. The minimum Gasteiger partial charge on any atom is -0.495 e. The predicted octanol–water partition coefficient (Wildman–Crippen LogP) is 2.40. The molecule has 0 radical (unpaired) electrons. The van der Waals surface area contributed by atoms with Crippen molar-refractivity contribution in [2.24, 2.45) is 11.8 Å². The molecule has 1 aromatic rings. The third-order valence-electron chi connectivity index (χ3n) is 3.73. The highest BCUT2D eigenvalue weighted by Gasteiger charge is 2.32. The van der Waals surface area contributed by atoms with Gasteiger partial charge in [0, 0.05) is 11.5 Å². The SMILES string of the molecule is COc1ccc(C(NN)C2COC(C)C2)c(OC)c1Br. The molecule has 1 aliphatic heterocycles. The molecule has 1 saturated heterocycles. The summed E-state index contributed by atoms with van der Waals surface area (Å²) in [5, 5.41) is 0. The summed E-state index contributed by atoms with van der Waals surface area (Å²) in [5.41, 5.74) is 3.90. The molecule has 5 nitrogen and oxygen atoms in total. The van der Waals surface area contributed by atoms with Crippen LogP contribution in [-0.2, 0) is 4.74 Å². The Kier molecular flexibility index (Phi) is 5.26. The normalized spacial score (nSPS) is 23.6. The van der Waals surface area contributed by atoms with Crippen LogP contribution in [0.25, 0.3) is 0 Å². The number of hydrogen-bond acceptors (Lipinski definition) is 5. The van der Waals surface area contributed by atoms with E-state index in [0.717, 1.165) is 28.0 Å². The summed E-state index contributed by atoms with van der Waals surface area (Å²) in [4.78, 5) is 0. The van der Waals surface area contributed by atoms with Gasteiger partial charge >= 0.3 is 0 Å². The van der Waals surface area contributed by atoms with E-state index in [9.17, 15) is 0 Å². The lowest BCUT2D eigenvalue weighted by Crippen LogP contribution is -2.34. The second-order valence-corrected chi connectivity index (χ2v) is 5.78. The minimum atomic E-state index is -0.0166. The van der Waals surface area contributed by atoms with E-state index >= 15 is 0 Å². The number of halogens is 1. The maximum atomic E-state index is 5.77. The van der Waals surface area contributed by atoms with Gasteiger partial charge in [0.1, 0.15) is 16.0 Å². The van der Waals surface area contributed by atoms with Gasteiger partial charge in [-0.2, -0.15) is 0 Å². The Morgan fingerprint density at radius 1 is 1.40 bits per heavy atom. The van der Waals surface area contributed by atoms with Crippen LogP contribution in [0, 0.1) is 5.92 Å². The number of methoxy groups -OCH3 is 2. The first-order valence-electron chi connectivity index (χ1n) is 6.60. The van der Waals surface area contributed by atoms with Gasteiger partial charge in [-0.3, -0.25) is 11.3 Å². The summed E-state index contributed by atoms with van der Waals surface area (Å²) < 4.78 is 17.3. The number of nitrogens with two attached hydrogens (primary N) is 1. The van der Waals surface area contributed by atoms with Crippen LogP contribution in [0.2, 0.25) is 0 Å². The molecular weight excluding hydrogens is 324 g/mol. The fraction of sp³-hybridized carbons (Fsp3) is 0.571. The average molecular weight is 345 g/mol. The molecule has 3 N–H and O–H groups in total. The van der Waals surface area contributed by atoms with Gasteiger partial charge in [0.25, 0.3) is 0 Å². The number of nitrogens with one attached hydrogen (secondary N) is 1. The van der Waals surface area contributed by atoms with Crippen molar-refractivity contribution in [3.05, 3.63) is 22.2 Å². The first-order valence-corrected chi connectivity index (χ1v) is 7.39. The van der Waals surface area contributed by atoms with Crippen LogP contribution in [-0.4, -0.2) is 26.9 Å². The molecule has 1 aliphatic rings. The third-order valence-corrected chi connectivity index (χ3v) is 4.48. The van der Waals surface area contributed by atoms with Gasteiger partial charge < -0.3 is 14.2 Å². The molecule has 6 heteroatoms. The maximum absolute atomic E-state index is 5.77. The lowest BCUT2D eigenvalue weighted by molar-refractivity contribution is 0.116. The molecule has 1 fully saturated rings. The van der Waals surface area contributed by atoms with Gasteiger partial charge in [-0.05, 0) is 41.4 Å². The van der Waals surface area contributed by atoms with E-state index in [1.165, 1.54) is 0 Å². The molecule has 3 unspecified atom stereocenters. The number of benzene rings is 1. The van der Waals surface area contributed by atoms with Crippen LogP contribution in [0.1, 0.15) is 24.9 Å². The van der Waals surface area contributed by atoms with E-state index in [1.807, 2.05) is 12.1 Å². The summed E-state index contributed by atoms with van der Waals surface area (Å²) in [6.07, 6.45) is 1.24. The monoisotopic (exact) mass is 344 g/mol. The molecule has 3 atom stereocenters. The van der Waals surface area contributed by atoms with E-state index in [4.69, 9.17) is 20.1 Å². The van der Waals surface area contributed by atoms with E-state index < -0.39 is 0 Å². The molecule has 112 valence electrons. The molecule has 0 spiro atoms. The molecule has 0 saturated carbocycles. The number of ether oxygens (including phenoxy) is 3. The van der Waals surface area contributed by atoms with Crippen molar-refractivity contribution in [2.75, 3.05) is 20.8 Å². The highest BCUT2D eigenvalue weighted by Crippen LogP contribution is 2.42. The van der Waals surface area contributed by atoms with Gasteiger partial charge in [-0.25, -0.2) is 0 Å². The zero-order valence-corrected chi connectivity index (χ0v) is 13.6. The highest BCUT2D eigenvalue weighted by molar-refractivity contribution is 9.10. The molecule has 0 amide bonds. The van der Waals surface area contributed by atoms with E-state index in [1.54, 1.807) is 14.2 Å². The Balaban J connectivity index is 2.36. The van der Waals surface area contributed by atoms with Gasteiger partial charge in [-0.15, -0.1) is 0 Å². The summed E-state index contributed by atoms with van der Waals surface area (Å²) in [7, 11) is 3.27. The fourth-order valence-corrected chi connectivity index (χ4v) is 3.41. The standard InChI is InChI=1S/C14H21BrN2O3/c1-8-6-9(7-20-8)13(17-16)10-4-5-11(18-2)12(15)14(10)19-3/h4-5,8-9,13,17H,6-7,16H2,1-3H3. The van der Waals surface area contributed by atoms with E-state index in [-0.39, 0.29) is 12.1 Å². The van der Waals surface area contributed by atoms with Crippen molar-refractivity contribution in [1.29, 1.82) is 0 Å². The molecule has 2 rings (SSSR count). The maximum Gasteiger partial charge on any atom is 0.141 e. The van der Waals surface area contributed by atoms with Crippen molar-refractivity contribution in [1.82, 2.24) is 5.43 Å². The molecule has 0 aromatic heterocycles. The molecule has 1 aromatic carbocycles. The Morgan fingerprint density at radius 2 is 2.15 bits per heavy atom. The van der Waals surface area contributed by atoms with Crippen LogP contribution in [0.3, 0.4) is 0 Å². The van der Waals surface area contributed by atoms with Crippen molar-refractivity contribution in [3.63, 3.8) is 0 Å². The number of hydrogen-bond donors (Lipinski definition) is 2. The number of hydrazine groups is 1. The first kappa shape index (κ1) is 15.6. The Hall–Kier alpha value is -0.820. The summed E-state index contributed by atoms with van der Waals surface area (Å²) in [5.74, 6) is 7.57. The lowest BCUT2D eigenvalue weighted by Gasteiger charge is -2.25. The molecule has 1 heterocycles. The Labute approximate surface area is 127 Å². The highest BCUT2D eigenvalue weighted by atomic mass is 79.9. The van der Waals surface area contributed by atoms with Crippen molar-refractivity contribution in [3.8, 4) is 11.5 Å². The first-order chi connectivity index (χ1) is 9.62. The lowest BCUT2D eigenvalue weighted by atomic mass is 9.91. The summed E-state index contributed by atoms with van der Waals surface area (Å²) in [6, 6.07) is 3.87. The second-order valence-electron chi connectivity index (χ2n) is 4.99. The van der Waals surface area contributed by atoms with Crippen LogP contribution in [0.4, 0.5) is 0 Å². The zero-order valence-electron chi connectivity index (χ0n) is 12.0. The van der Waals surface area contributed by atoms with Gasteiger partial charge in [0.2, 0.25) is 0 Å². The summed E-state index contributed by atoms with van der Waals surface area (Å²) >= 11 is 3.52. The average Bonchev–Trinajstić information content (AvgIpc) is 2.86. The predicted molar refractivity (Wildman–Crippen MR) is 80.8 cm³/mol.